The molecule has 1 unspecified atom stereocenters. The van der Waals surface area contributed by atoms with E-state index in [-0.39, 0.29) is 11.5 Å². The van der Waals surface area contributed by atoms with Gasteiger partial charge in [-0.1, -0.05) is 62.4 Å². The Morgan fingerprint density at radius 2 is 1.76 bits per heavy atom. The molecule has 3 aromatic carbocycles. The van der Waals surface area contributed by atoms with Gasteiger partial charge in [-0.25, -0.2) is 4.79 Å². The van der Waals surface area contributed by atoms with Crippen molar-refractivity contribution in [2.75, 3.05) is 25.7 Å². The molecule has 0 saturated heterocycles. The van der Waals surface area contributed by atoms with Crippen LogP contribution in [0.5, 0.6) is 5.75 Å². The Morgan fingerprint density at radius 3 is 2.44 bits per heavy atom. The SMILES string of the molecule is COC(=O)/C=C/c1ccc(C2(C)c3ccc(OC)cc3CCN2c2ccccc2C(C)C)cc1. The Labute approximate surface area is 202 Å². The van der Waals surface area contributed by atoms with Crippen molar-refractivity contribution in [3.05, 3.63) is 101 Å². The normalized spacial score (nSPS) is 17.6. The molecule has 0 bridgehead atoms. The standard InChI is InChI=1S/C30H33NO3/c1-21(2)26-8-6-7-9-28(26)31-19-18-23-20-25(33-4)15-16-27(23)30(31,3)24-13-10-22(11-14-24)12-17-29(32)34-5/h6-17,20-21H,18-19H2,1-5H3/b17-12+. The number of hydrogen-bond acceptors (Lipinski definition) is 4. The molecule has 0 fully saturated rings. The molecule has 4 nitrogen and oxygen atoms in total. The van der Waals surface area contributed by atoms with Gasteiger partial charge in [0.1, 0.15) is 5.75 Å². The number of para-hydroxylation sites is 1. The van der Waals surface area contributed by atoms with Crippen molar-refractivity contribution in [1.29, 1.82) is 0 Å². The lowest BCUT2D eigenvalue weighted by molar-refractivity contribution is -0.134. The molecule has 4 rings (SSSR count). The molecule has 0 N–H and O–H groups in total. The van der Waals surface area contributed by atoms with E-state index in [2.05, 4.69) is 92.4 Å². The van der Waals surface area contributed by atoms with Crippen molar-refractivity contribution in [1.82, 2.24) is 0 Å². The molecule has 1 heterocycles. The van der Waals surface area contributed by atoms with Crippen LogP contribution in [-0.2, 0) is 21.5 Å². The van der Waals surface area contributed by atoms with Crippen molar-refractivity contribution in [2.24, 2.45) is 0 Å². The predicted molar refractivity (Wildman–Crippen MR) is 139 cm³/mol. The maximum absolute atomic E-state index is 11.5. The lowest BCUT2D eigenvalue weighted by Crippen LogP contribution is -2.50. The number of hydrogen-bond donors (Lipinski definition) is 0. The number of nitrogens with zero attached hydrogens (tertiary/aromatic N) is 1. The summed E-state index contributed by atoms with van der Waals surface area (Å²) in [6, 6.07) is 23.6. The van der Waals surface area contributed by atoms with E-state index in [1.165, 1.54) is 41.1 Å². The highest BCUT2D eigenvalue weighted by atomic mass is 16.5. The van der Waals surface area contributed by atoms with Crippen molar-refractivity contribution in [3.63, 3.8) is 0 Å². The Hall–Kier alpha value is -3.53. The van der Waals surface area contributed by atoms with Crippen LogP contribution in [0.4, 0.5) is 5.69 Å². The van der Waals surface area contributed by atoms with E-state index in [1.54, 1.807) is 13.2 Å². The number of carbonyl (C=O) groups excluding carboxylic acids is 1. The molecular formula is C30H33NO3. The molecule has 0 radical (unpaired) electrons. The highest BCUT2D eigenvalue weighted by molar-refractivity contribution is 5.86. The van der Waals surface area contributed by atoms with Gasteiger partial charge in [0.15, 0.2) is 0 Å². The average Bonchev–Trinajstić information content (AvgIpc) is 2.87. The van der Waals surface area contributed by atoms with E-state index >= 15 is 0 Å². The van der Waals surface area contributed by atoms with E-state index in [9.17, 15) is 4.79 Å². The number of methoxy groups -OCH3 is 2. The van der Waals surface area contributed by atoms with Gasteiger partial charge < -0.3 is 14.4 Å². The summed E-state index contributed by atoms with van der Waals surface area (Å²) in [7, 11) is 3.10. The molecule has 1 atom stereocenters. The summed E-state index contributed by atoms with van der Waals surface area (Å²) in [5.41, 5.74) is 7.02. The fourth-order valence-corrected chi connectivity index (χ4v) is 5.03. The first-order chi connectivity index (χ1) is 16.4. The van der Waals surface area contributed by atoms with Crippen molar-refractivity contribution in [2.45, 2.75) is 38.6 Å². The highest BCUT2D eigenvalue weighted by Gasteiger charge is 2.41. The quantitative estimate of drug-likeness (QED) is 0.322. The van der Waals surface area contributed by atoms with Crippen LogP contribution in [0, 0.1) is 0 Å². The van der Waals surface area contributed by atoms with E-state index < -0.39 is 0 Å². The van der Waals surface area contributed by atoms with Crippen LogP contribution in [0.3, 0.4) is 0 Å². The van der Waals surface area contributed by atoms with Gasteiger partial charge in [0.05, 0.1) is 19.8 Å². The second-order valence-corrected chi connectivity index (χ2v) is 9.19. The summed E-state index contributed by atoms with van der Waals surface area (Å²) in [5.74, 6) is 0.951. The molecule has 0 saturated carbocycles. The minimum atomic E-state index is -0.366. The first-order valence-corrected chi connectivity index (χ1v) is 11.8. The Balaban J connectivity index is 1.85. The fraction of sp³-hybridized carbons (Fsp3) is 0.300. The van der Waals surface area contributed by atoms with E-state index in [1.807, 2.05) is 0 Å². The van der Waals surface area contributed by atoms with Crippen LogP contribution in [0.1, 0.15) is 54.5 Å². The molecule has 3 aromatic rings. The highest BCUT2D eigenvalue weighted by Crippen LogP contribution is 2.46. The molecule has 4 heteroatoms. The largest absolute Gasteiger partial charge is 0.497 e. The third-order valence-corrected chi connectivity index (χ3v) is 6.92. The van der Waals surface area contributed by atoms with E-state index in [0.717, 1.165) is 24.3 Å². The molecule has 0 spiro atoms. The van der Waals surface area contributed by atoms with Gasteiger partial charge in [0.25, 0.3) is 0 Å². The van der Waals surface area contributed by atoms with Crippen LogP contribution in [0.25, 0.3) is 6.08 Å². The Kier molecular flexibility index (Phi) is 6.78. The molecule has 1 aliphatic rings. The molecular weight excluding hydrogens is 422 g/mol. The van der Waals surface area contributed by atoms with Gasteiger partial charge in [-0.05, 0) is 71.4 Å². The number of anilines is 1. The van der Waals surface area contributed by atoms with E-state index in [4.69, 9.17) is 9.47 Å². The first-order valence-electron chi connectivity index (χ1n) is 11.8. The number of esters is 1. The topological polar surface area (TPSA) is 38.8 Å². The van der Waals surface area contributed by atoms with Crippen molar-refractivity contribution < 1.29 is 14.3 Å². The number of carbonyl (C=O) groups is 1. The lowest BCUT2D eigenvalue weighted by Gasteiger charge is -2.49. The zero-order chi connectivity index (χ0) is 24.3. The zero-order valence-corrected chi connectivity index (χ0v) is 20.7. The number of fused-ring (bicyclic) bond motifs is 1. The summed E-state index contributed by atoms with van der Waals surface area (Å²) in [5, 5.41) is 0. The zero-order valence-electron chi connectivity index (χ0n) is 20.7. The van der Waals surface area contributed by atoms with Gasteiger partial charge in [0.2, 0.25) is 0 Å². The van der Waals surface area contributed by atoms with Gasteiger partial charge >= 0.3 is 5.97 Å². The van der Waals surface area contributed by atoms with Crippen molar-refractivity contribution in [3.8, 4) is 5.75 Å². The summed E-state index contributed by atoms with van der Waals surface area (Å²) < 4.78 is 10.2. The summed E-state index contributed by atoms with van der Waals surface area (Å²) >= 11 is 0. The summed E-state index contributed by atoms with van der Waals surface area (Å²) in [6.45, 7) is 7.72. The number of benzene rings is 3. The van der Waals surface area contributed by atoms with Gasteiger partial charge in [-0.2, -0.15) is 0 Å². The molecule has 0 aliphatic carbocycles. The lowest BCUT2D eigenvalue weighted by atomic mass is 9.76. The monoisotopic (exact) mass is 455 g/mol. The van der Waals surface area contributed by atoms with Gasteiger partial charge in [0, 0.05) is 18.3 Å². The number of rotatable bonds is 6. The minimum Gasteiger partial charge on any atom is -0.497 e. The van der Waals surface area contributed by atoms with Crippen LogP contribution >= 0.6 is 0 Å². The molecule has 0 amide bonds. The van der Waals surface area contributed by atoms with Gasteiger partial charge in [-0.3, -0.25) is 0 Å². The first kappa shape index (κ1) is 23.6. The van der Waals surface area contributed by atoms with E-state index in [0.29, 0.717) is 5.92 Å². The maximum atomic E-state index is 11.5. The van der Waals surface area contributed by atoms with Crippen LogP contribution in [0.15, 0.2) is 72.8 Å². The van der Waals surface area contributed by atoms with Crippen LogP contribution in [0.2, 0.25) is 0 Å². The molecule has 1 aliphatic heterocycles. The van der Waals surface area contributed by atoms with Gasteiger partial charge in [-0.15, -0.1) is 0 Å². The average molecular weight is 456 g/mol. The maximum Gasteiger partial charge on any atom is 0.330 e. The van der Waals surface area contributed by atoms with Crippen molar-refractivity contribution >= 4 is 17.7 Å². The second-order valence-electron chi connectivity index (χ2n) is 9.19. The summed E-state index contributed by atoms with van der Waals surface area (Å²) in [6.07, 6.45) is 4.18. The smallest absolute Gasteiger partial charge is 0.330 e. The molecule has 0 aromatic heterocycles. The van der Waals surface area contributed by atoms with Crippen LogP contribution < -0.4 is 9.64 Å². The molecule has 34 heavy (non-hydrogen) atoms. The minimum absolute atomic E-state index is 0.359. The summed E-state index contributed by atoms with van der Waals surface area (Å²) in [4.78, 5) is 14.1. The Morgan fingerprint density at radius 1 is 1.03 bits per heavy atom. The second kappa shape index (κ2) is 9.76. The van der Waals surface area contributed by atoms with Crippen LogP contribution in [-0.4, -0.2) is 26.7 Å². The fourth-order valence-electron chi connectivity index (χ4n) is 5.03. The predicted octanol–water partition coefficient (Wildman–Crippen LogP) is 6.33. The Bertz CT molecular complexity index is 1200. The third kappa shape index (κ3) is 4.33. The number of ether oxygens (including phenoxy) is 2. The molecule has 176 valence electrons. The third-order valence-electron chi connectivity index (χ3n) is 6.92.